The molecule has 1 aliphatic heterocycles. The Kier molecular flexibility index (Phi) is 6.01. The third-order valence-corrected chi connectivity index (χ3v) is 4.95. The number of likely N-dealkylation sites (tertiary alicyclic amines) is 1. The topological polar surface area (TPSA) is 58.4 Å². The number of carbonyl (C=O) groups is 1. The highest BCUT2D eigenvalue weighted by Crippen LogP contribution is 2.19. The third-order valence-electron chi connectivity index (χ3n) is 4.02. The van der Waals surface area contributed by atoms with Crippen molar-refractivity contribution in [2.75, 3.05) is 26.2 Å². The summed E-state index contributed by atoms with van der Waals surface area (Å²) in [4.78, 5) is 15.4. The van der Waals surface area contributed by atoms with Crippen molar-refractivity contribution in [2.45, 2.75) is 32.2 Å². The molecule has 4 nitrogen and oxygen atoms in total. The average Bonchev–Trinajstić information content (AvgIpc) is 2.92. The van der Waals surface area contributed by atoms with E-state index in [9.17, 15) is 4.79 Å². The Hall–Kier alpha value is -0.910. The van der Waals surface area contributed by atoms with Gasteiger partial charge in [-0.3, -0.25) is 9.69 Å². The molecule has 0 aromatic carbocycles. The van der Waals surface area contributed by atoms with Gasteiger partial charge in [0, 0.05) is 17.5 Å². The third kappa shape index (κ3) is 4.89. The van der Waals surface area contributed by atoms with Gasteiger partial charge in [0.05, 0.1) is 6.54 Å². The van der Waals surface area contributed by atoms with Crippen LogP contribution in [0.2, 0.25) is 0 Å². The average molecular weight is 295 g/mol. The molecule has 0 radical (unpaired) electrons. The Bertz CT molecular complexity index is 397. The van der Waals surface area contributed by atoms with Gasteiger partial charge < -0.3 is 11.1 Å². The molecule has 1 aromatic heterocycles. The number of nitrogens with zero attached hydrogens (tertiary/aromatic N) is 1. The summed E-state index contributed by atoms with van der Waals surface area (Å²) in [6.45, 7) is 5.32. The van der Waals surface area contributed by atoms with Crippen LogP contribution in [0.1, 0.15) is 24.6 Å². The number of piperidine rings is 1. The molecule has 1 aliphatic rings. The van der Waals surface area contributed by atoms with E-state index in [0.717, 1.165) is 38.9 Å². The molecular weight excluding hydrogens is 270 g/mol. The molecule has 1 unspecified atom stereocenters. The van der Waals surface area contributed by atoms with E-state index in [1.54, 1.807) is 11.3 Å². The molecule has 1 amide bonds. The molecule has 3 N–H and O–H groups in total. The van der Waals surface area contributed by atoms with Crippen molar-refractivity contribution in [3.8, 4) is 0 Å². The molecule has 20 heavy (non-hydrogen) atoms. The number of amides is 1. The summed E-state index contributed by atoms with van der Waals surface area (Å²) in [5.41, 5.74) is 5.93. The van der Waals surface area contributed by atoms with Crippen LogP contribution in [0.15, 0.2) is 17.5 Å². The van der Waals surface area contributed by atoms with Crippen LogP contribution in [0.4, 0.5) is 0 Å². The first kappa shape index (κ1) is 15.5. The molecule has 0 saturated carbocycles. The van der Waals surface area contributed by atoms with Gasteiger partial charge in [0.2, 0.25) is 5.91 Å². The number of nitrogens with one attached hydrogen (secondary N) is 1. The quantitative estimate of drug-likeness (QED) is 0.835. The summed E-state index contributed by atoms with van der Waals surface area (Å²) in [5, 5.41) is 5.07. The fraction of sp³-hybridized carbons (Fsp3) is 0.667. The molecule has 0 aliphatic carbocycles. The Morgan fingerprint density at radius 2 is 2.30 bits per heavy atom. The van der Waals surface area contributed by atoms with Crippen LogP contribution in [-0.4, -0.2) is 43.0 Å². The van der Waals surface area contributed by atoms with E-state index in [-0.39, 0.29) is 11.9 Å². The van der Waals surface area contributed by atoms with Gasteiger partial charge in [-0.25, -0.2) is 0 Å². The highest BCUT2D eigenvalue weighted by atomic mass is 32.1. The number of hydrogen-bond donors (Lipinski definition) is 2. The van der Waals surface area contributed by atoms with Crippen molar-refractivity contribution in [3.63, 3.8) is 0 Å². The molecule has 1 aromatic rings. The molecule has 1 saturated heterocycles. The first-order chi connectivity index (χ1) is 9.65. The smallest absolute Gasteiger partial charge is 0.234 e. The van der Waals surface area contributed by atoms with Crippen molar-refractivity contribution < 1.29 is 4.79 Å². The maximum Gasteiger partial charge on any atom is 0.234 e. The first-order valence-electron chi connectivity index (χ1n) is 7.42. The van der Waals surface area contributed by atoms with E-state index < -0.39 is 0 Å². The summed E-state index contributed by atoms with van der Waals surface area (Å²) in [5.74, 6) is 0.758. The van der Waals surface area contributed by atoms with E-state index in [1.807, 2.05) is 6.07 Å². The van der Waals surface area contributed by atoms with Crippen LogP contribution in [0.5, 0.6) is 0 Å². The molecule has 1 fully saturated rings. The highest BCUT2D eigenvalue weighted by molar-refractivity contribution is 7.09. The van der Waals surface area contributed by atoms with E-state index in [1.165, 1.54) is 4.88 Å². The van der Waals surface area contributed by atoms with Gasteiger partial charge in [-0.1, -0.05) is 6.07 Å². The van der Waals surface area contributed by atoms with E-state index in [0.29, 0.717) is 12.5 Å². The fourth-order valence-corrected chi connectivity index (χ4v) is 3.38. The Labute approximate surface area is 125 Å². The van der Waals surface area contributed by atoms with Crippen LogP contribution in [0.3, 0.4) is 0 Å². The summed E-state index contributed by atoms with van der Waals surface area (Å²) in [7, 11) is 0. The van der Waals surface area contributed by atoms with Crippen LogP contribution < -0.4 is 11.1 Å². The standard InChI is InChI=1S/C15H25N3OS/c1-12(16)13-5-8-18(9-6-13)11-15(19)17-7-4-14-3-2-10-20-14/h2-3,10,12-13H,4-9,11,16H2,1H3,(H,17,19). The molecule has 1 atom stereocenters. The largest absolute Gasteiger partial charge is 0.355 e. The minimum atomic E-state index is 0.140. The lowest BCUT2D eigenvalue weighted by Crippen LogP contribution is -2.44. The number of rotatable bonds is 6. The van der Waals surface area contributed by atoms with Gasteiger partial charge in [0.15, 0.2) is 0 Å². The molecule has 2 rings (SSSR count). The van der Waals surface area contributed by atoms with Crippen LogP contribution in [0, 0.1) is 5.92 Å². The van der Waals surface area contributed by atoms with Crippen molar-refractivity contribution in [2.24, 2.45) is 11.7 Å². The van der Waals surface area contributed by atoms with Gasteiger partial charge in [-0.15, -0.1) is 11.3 Å². The molecule has 2 heterocycles. The van der Waals surface area contributed by atoms with Crippen LogP contribution in [0.25, 0.3) is 0 Å². The number of nitrogens with two attached hydrogens (primary N) is 1. The second-order valence-corrected chi connectivity index (χ2v) is 6.68. The van der Waals surface area contributed by atoms with Gasteiger partial charge >= 0.3 is 0 Å². The molecule has 0 spiro atoms. The van der Waals surface area contributed by atoms with E-state index >= 15 is 0 Å². The monoisotopic (exact) mass is 295 g/mol. The second kappa shape index (κ2) is 7.76. The zero-order chi connectivity index (χ0) is 14.4. The zero-order valence-corrected chi connectivity index (χ0v) is 13.0. The lowest BCUT2D eigenvalue weighted by Gasteiger charge is -2.33. The molecule has 0 bridgehead atoms. The SMILES string of the molecule is CC(N)C1CCN(CC(=O)NCCc2cccs2)CC1. The minimum Gasteiger partial charge on any atom is -0.355 e. The first-order valence-corrected chi connectivity index (χ1v) is 8.30. The maximum atomic E-state index is 11.9. The number of hydrogen-bond acceptors (Lipinski definition) is 4. The van der Waals surface area contributed by atoms with Crippen LogP contribution in [-0.2, 0) is 11.2 Å². The predicted molar refractivity (Wildman–Crippen MR) is 83.8 cm³/mol. The van der Waals surface area contributed by atoms with Crippen molar-refractivity contribution in [1.82, 2.24) is 10.2 Å². The summed E-state index contributed by atoms with van der Waals surface area (Å²) in [6, 6.07) is 4.43. The van der Waals surface area contributed by atoms with Gasteiger partial charge in [-0.2, -0.15) is 0 Å². The van der Waals surface area contributed by atoms with Gasteiger partial charge in [0.25, 0.3) is 0 Å². The van der Waals surface area contributed by atoms with E-state index in [4.69, 9.17) is 5.73 Å². The fourth-order valence-electron chi connectivity index (χ4n) is 2.68. The Morgan fingerprint density at radius 3 is 2.90 bits per heavy atom. The zero-order valence-electron chi connectivity index (χ0n) is 12.2. The Balaban J connectivity index is 1.60. The maximum absolute atomic E-state index is 11.9. The summed E-state index contributed by atoms with van der Waals surface area (Å²) < 4.78 is 0. The van der Waals surface area contributed by atoms with Crippen molar-refractivity contribution in [3.05, 3.63) is 22.4 Å². The summed E-state index contributed by atoms with van der Waals surface area (Å²) in [6.07, 6.45) is 3.15. The predicted octanol–water partition coefficient (Wildman–Crippen LogP) is 1.47. The Morgan fingerprint density at radius 1 is 1.55 bits per heavy atom. The minimum absolute atomic E-state index is 0.140. The van der Waals surface area contributed by atoms with Gasteiger partial charge in [-0.05, 0) is 56.6 Å². The normalized spacial score (nSPS) is 18.9. The van der Waals surface area contributed by atoms with E-state index in [2.05, 4.69) is 28.6 Å². The molecule has 112 valence electrons. The number of carbonyl (C=O) groups excluding carboxylic acids is 1. The second-order valence-electron chi connectivity index (χ2n) is 5.65. The van der Waals surface area contributed by atoms with Crippen LogP contribution >= 0.6 is 11.3 Å². The summed E-state index contributed by atoms with van der Waals surface area (Å²) >= 11 is 1.74. The van der Waals surface area contributed by atoms with Gasteiger partial charge in [0.1, 0.15) is 0 Å². The van der Waals surface area contributed by atoms with Crippen molar-refractivity contribution in [1.29, 1.82) is 0 Å². The lowest BCUT2D eigenvalue weighted by atomic mass is 9.91. The molecule has 5 heteroatoms. The number of thiophene rings is 1. The lowest BCUT2D eigenvalue weighted by molar-refractivity contribution is -0.122. The highest BCUT2D eigenvalue weighted by Gasteiger charge is 2.22. The van der Waals surface area contributed by atoms with Crippen molar-refractivity contribution >= 4 is 17.2 Å². The molecular formula is C15H25N3OS.